The number of hydrogen-bond donors (Lipinski definition) is 3. The van der Waals surface area contributed by atoms with Gasteiger partial charge in [-0.15, -0.1) is 0 Å². The maximum absolute atomic E-state index is 11.8. The van der Waals surface area contributed by atoms with Crippen LogP contribution < -0.4 is 16.2 Å². The smallest absolute Gasteiger partial charge is 0.269 e. The molecular formula is C11H13N5O3S. The number of carbonyl (C=O) groups is 1. The fourth-order valence-corrected chi connectivity index (χ4v) is 2.35. The van der Waals surface area contributed by atoms with Gasteiger partial charge in [0.25, 0.3) is 5.91 Å². The minimum Gasteiger partial charge on any atom is -0.397 e. The van der Waals surface area contributed by atoms with Crippen LogP contribution in [0.15, 0.2) is 35.4 Å². The van der Waals surface area contributed by atoms with Crippen LogP contribution >= 0.6 is 0 Å². The highest BCUT2D eigenvalue weighted by molar-refractivity contribution is 7.89. The normalized spacial score (nSPS) is 11.4. The zero-order valence-corrected chi connectivity index (χ0v) is 11.4. The molecule has 0 aliphatic rings. The van der Waals surface area contributed by atoms with Gasteiger partial charge in [-0.1, -0.05) is 0 Å². The number of rotatable bonds is 4. The SMILES string of the molecule is CNS(=O)(=O)c1ccc(N)c(-n2ccc(C(N)=O)n2)c1. The minimum absolute atomic E-state index is 0.0420. The van der Waals surface area contributed by atoms with Crippen LogP contribution in [0.1, 0.15) is 10.5 Å². The molecule has 106 valence electrons. The Kier molecular flexibility index (Phi) is 3.47. The van der Waals surface area contributed by atoms with Crippen molar-refractivity contribution in [3.63, 3.8) is 0 Å². The molecule has 9 heteroatoms. The largest absolute Gasteiger partial charge is 0.397 e. The summed E-state index contributed by atoms with van der Waals surface area (Å²) in [5.41, 5.74) is 11.6. The fourth-order valence-electron chi connectivity index (χ4n) is 1.60. The third kappa shape index (κ3) is 2.49. The Balaban J connectivity index is 2.56. The molecule has 0 saturated carbocycles. The van der Waals surface area contributed by atoms with Gasteiger partial charge in [0.2, 0.25) is 10.0 Å². The van der Waals surface area contributed by atoms with Gasteiger partial charge in [0.15, 0.2) is 0 Å². The van der Waals surface area contributed by atoms with E-state index < -0.39 is 15.9 Å². The lowest BCUT2D eigenvalue weighted by molar-refractivity contribution is 0.0995. The predicted octanol–water partition coefficient (Wildman–Crippen LogP) is -0.538. The average molecular weight is 295 g/mol. The summed E-state index contributed by atoms with van der Waals surface area (Å²) in [6.07, 6.45) is 1.47. The van der Waals surface area contributed by atoms with Gasteiger partial charge in [-0.05, 0) is 31.3 Å². The second kappa shape index (κ2) is 4.94. The number of amides is 1. The zero-order chi connectivity index (χ0) is 14.9. The van der Waals surface area contributed by atoms with Crippen molar-refractivity contribution < 1.29 is 13.2 Å². The zero-order valence-electron chi connectivity index (χ0n) is 10.6. The number of nitrogens with one attached hydrogen (secondary N) is 1. The second-order valence-electron chi connectivity index (χ2n) is 3.94. The van der Waals surface area contributed by atoms with Crippen LogP contribution in [0.3, 0.4) is 0 Å². The number of benzene rings is 1. The van der Waals surface area contributed by atoms with Crippen LogP contribution in [0.5, 0.6) is 0 Å². The molecule has 0 fully saturated rings. The van der Waals surface area contributed by atoms with Crippen molar-refractivity contribution in [1.29, 1.82) is 0 Å². The highest BCUT2D eigenvalue weighted by atomic mass is 32.2. The number of nitrogens with two attached hydrogens (primary N) is 2. The molecule has 0 bridgehead atoms. The van der Waals surface area contributed by atoms with Crippen molar-refractivity contribution in [2.24, 2.45) is 5.73 Å². The van der Waals surface area contributed by atoms with E-state index in [4.69, 9.17) is 11.5 Å². The topological polar surface area (TPSA) is 133 Å². The Bertz CT molecular complexity index is 766. The van der Waals surface area contributed by atoms with Gasteiger partial charge in [-0.3, -0.25) is 4.79 Å². The summed E-state index contributed by atoms with van der Waals surface area (Å²) in [7, 11) is -2.28. The van der Waals surface area contributed by atoms with Gasteiger partial charge < -0.3 is 11.5 Å². The molecule has 2 rings (SSSR count). The molecule has 5 N–H and O–H groups in total. The van der Waals surface area contributed by atoms with E-state index in [1.807, 2.05) is 0 Å². The van der Waals surface area contributed by atoms with Crippen molar-refractivity contribution in [1.82, 2.24) is 14.5 Å². The Morgan fingerprint density at radius 3 is 2.60 bits per heavy atom. The first-order valence-corrected chi connectivity index (χ1v) is 7.02. The quantitative estimate of drug-likeness (QED) is 0.651. The number of carbonyl (C=O) groups excluding carboxylic acids is 1. The Morgan fingerprint density at radius 2 is 2.05 bits per heavy atom. The van der Waals surface area contributed by atoms with Crippen LogP contribution in [0.4, 0.5) is 5.69 Å². The van der Waals surface area contributed by atoms with E-state index in [1.165, 1.54) is 42.2 Å². The van der Waals surface area contributed by atoms with Crippen LogP contribution in [-0.2, 0) is 10.0 Å². The van der Waals surface area contributed by atoms with E-state index in [2.05, 4.69) is 9.82 Å². The van der Waals surface area contributed by atoms with E-state index >= 15 is 0 Å². The van der Waals surface area contributed by atoms with Crippen LogP contribution in [0.2, 0.25) is 0 Å². The monoisotopic (exact) mass is 295 g/mol. The Labute approximate surface area is 115 Å². The van der Waals surface area contributed by atoms with Gasteiger partial charge in [-0.25, -0.2) is 17.8 Å². The van der Waals surface area contributed by atoms with Crippen molar-refractivity contribution in [3.8, 4) is 5.69 Å². The number of aromatic nitrogens is 2. The van der Waals surface area contributed by atoms with Gasteiger partial charge in [0.05, 0.1) is 16.3 Å². The van der Waals surface area contributed by atoms with Crippen molar-refractivity contribution in [2.45, 2.75) is 4.90 Å². The molecule has 8 nitrogen and oxygen atoms in total. The molecule has 0 saturated heterocycles. The molecule has 1 aromatic heterocycles. The van der Waals surface area contributed by atoms with E-state index in [0.717, 1.165) is 0 Å². The minimum atomic E-state index is -3.59. The van der Waals surface area contributed by atoms with Gasteiger partial charge in [-0.2, -0.15) is 5.10 Å². The summed E-state index contributed by atoms with van der Waals surface area (Å²) in [5, 5.41) is 3.94. The predicted molar refractivity (Wildman–Crippen MR) is 72.7 cm³/mol. The number of hydrogen-bond acceptors (Lipinski definition) is 5. The first kappa shape index (κ1) is 14.0. The summed E-state index contributed by atoms with van der Waals surface area (Å²) in [5.74, 6) is -0.679. The first-order valence-electron chi connectivity index (χ1n) is 5.54. The molecule has 0 aliphatic carbocycles. The molecule has 0 aliphatic heterocycles. The summed E-state index contributed by atoms with van der Waals surface area (Å²) in [6, 6.07) is 5.61. The van der Waals surface area contributed by atoms with E-state index in [0.29, 0.717) is 11.4 Å². The van der Waals surface area contributed by atoms with Crippen LogP contribution in [-0.4, -0.2) is 31.2 Å². The summed E-state index contributed by atoms with van der Waals surface area (Å²) in [4.78, 5) is 11.1. The summed E-state index contributed by atoms with van der Waals surface area (Å²) < 4.78 is 27.0. The molecule has 1 heterocycles. The van der Waals surface area contributed by atoms with E-state index in [1.54, 1.807) is 0 Å². The summed E-state index contributed by atoms with van der Waals surface area (Å²) in [6.45, 7) is 0. The third-order valence-electron chi connectivity index (χ3n) is 2.67. The lowest BCUT2D eigenvalue weighted by atomic mass is 10.3. The molecule has 0 spiro atoms. The lowest BCUT2D eigenvalue weighted by Gasteiger charge is -2.09. The second-order valence-corrected chi connectivity index (χ2v) is 5.82. The Morgan fingerprint density at radius 1 is 1.35 bits per heavy atom. The molecule has 1 amide bonds. The molecule has 20 heavy (non-hydrogen) atoms. The summed E-state index contributed by atoms with van der Waals surface area (Å²) >= 11 is 0. The number of anilines is 1. The van der Waals surface area contributed by atoms with Crippen molar-refractivity contribution in [3.05, 3.63) is 36.2 Å². The number of nitrogens with zero attached hydrogens (tertiary/aromatic N) is 2. The maximum Gasteiger partial charge on any atom is 0.269 e. The van der Waals surface area contributed by atoms with Crippen molar-refractivity contribution in [2.75, 3.05) is 12.8 Å². The molecule has 2 aromatic rings. The highest BCUT2D eigenvalue weighted by Gasteiger charge is 2.15. The van der Waals surface area contributed by atoms with Gasteiger partial charge in [0.1, 0.15) is 5.69 Å². The highest BCUT2D eigenvalue weighted by Crippen LogP contribution is 2.21. The van der Waals surface area contributed by atoms with Gasteiger partial charge in [0, 0.05) is 6.20 Å². The number of sulfonamides is 1. The van der Waals surface area contributed by atoms with Crippen LogP contribution in [0, 0.1) is 0 Å². The fraction of sp³-hybridized carbons (Fsp3) is 0.0909. The molecule has 0 radical (unpaired) electrons. The Hall–Kier alpha value is -2.39. The standard InChI is InChI=1S/C11H13N5O3S/c1-14-20(18,19)7-2-3-8(12)10(6-7)16-5-4-9(15-16)11(13)17/h2-6,14H,12H2,1H3,(H2,13,17). The molecule has 0 atom stereocenters. The number of primary amides is 1. The van der Waals surface area contributed by atoms with E-state index in [-0.39, 0.29) is 10.6 Å². The maximum atomic E-state index is 11.8. The number of nitrogen functional groups attached to an aromatic ring is 1. The third-order valence-corrected chi connectivity index (χ3v) is 4.08. The van der Waals surface area contributed by atoms with Crippen molar-refractivity contribution >= 4 is 21.6 Å². The average Bonchev–Trinajstić information content (AvgIpc) is 2.88. The molecule has 1 aromatic carbocycles. The molecule has 0 unspecified atom stereocenters. The van der Waals surface area contributed by atoms with Gasteiger partial charge >= 0.3 is 0 Å². The van der Waals surface area contributed by atoms with E-state index in [9.17, 15) is 13.2 Å². The first-order chi connectivity index (χ1) is 9.35. The molecular weight excluding hydrogens is 282 g/mol. The van der Waals surface area contributed by atoms with Crippen LogP contribution in [0.25, 0.3) is 5.69 Å². The lowest BCUT2D eigenvalue weighted by Crippen LogP contribution is -2.19.